The first-order valence-corrected chi connectivity index (χ1v) is 5.66. The lowest BCUT2D eigenvalue weighted by atomic mass is 10.2. The maximum atomic E-state index is 5.87. The maximum Gasteiger partial charge on any atom is 0.153 e. The van der Waals surface area contributed by atoms with Crippen LogP contribution in [0.3, 0.4) is 0 Å². The van der Waals surface area contributed by atoms with Crippen molar-refractivity contribution >= 4 is 28.1 Å². The van der Waals surface area contributed by atoms with Gasteiger partial charge in [-0.1, -0.05) is 18.2 Å². The van der Waals surface area contributed by atoms with Crippen LogP contribution in [-0.2, 0) is 0 Å². The van der Waals surface area contributed by atoms with E-state index in [1.54, 1.807) is 12.4 Å². The van der Waals surface area contributed by atoms with E-state index in [2.05, 4.69) is 15.3 Å². The summed E-state index contributed by atoms with van der Waals surface area (Å²) in [6, 6.07) is 13.5. The first-order valence-electron chi connectivity index (χ1n) is 5.66. The van der Waals surface area contributed by atoms with Gasteiger partial charge in [0.2, 0.25) is 0 Å². The van der Waals surface area contributed by atoms with Gasteiger partial charge in [0.25, 0.3) is 0 Å². The number of pyridine rings is 2. The van der Waals surface area contributed by atoms with Gasteiger partial charge in [0, 0.05) is 17.8 Å². The number of hydrogen-bond acceptors (Lipinski definition) is 4. The average Bonchev–Trinajstić information content (AvgIpc) is 2.42. The summed E-state index contributed by atoms with van der Waals surface area (Å²) in [5, 5.41) is 4.30. The van der Waals surface area contributed by atoms with Crippen LogP contribution in [0.15, 0.2) is 54.9 Å². The highest BCUT2D eigenvalue weighted by atomic mass is 15.0. The number of aromatic nitrogens is 2. The predicted molar refractivity (Wildman–Crippen MR) is 73.7 cm³/mol. The molecule has 18 heavy (non-hydrogen) atoms. The minimum Gasteiger partial charge on any atom is -0.396 e. The summed E-state index contributed by atoms with van der Waals surface area (Å²) >= 11 is 0. The van der Waals surface area contributed by atoms with Crippen LogP contribution < -0.4 is 11.1 Å². The van der Waals surface area contributed by atoms with Gasteiger partial charge in [0.1, 0.15) is 0 Å². The fourth-order valence-electron chi connectivity index (χ4n) is 1.85. The standard InChI is InChI=1S/C14H12N4/c15-11-6-3-9-17-14(11)18-12-7-1-4-10-5-2-8-16-13(10)12/h1-9H,15H2,(H,17,18). The van der Waals surface area contributed by atoms with E-state index in [4.69, 9.17) is 5.73 Å². The Morgan fingerprint density at radius 1 is 0.889 bits per heavy atom. The van der Waals surface area contributed by atoms with Crippen molar-refractivity contribution in [1.82, 2.24) is 9.97 Å². The average molecular weight is 236 g/mol. The molecule has 0 amide bonds. The number of fused-ring (bicyclic) bond motifs is 1. The number of nitrogen functional groups attached to an aromatic ring is 1. The molecule has 0 spiro atoms. The maximum absolute atomic E-state index is 5.87. The minimum absolute atomic E-state index is 0.616. The number of para-hydroxylation sites is 1. The molecule has 0 aliphatic rings. The second-order valence-corrected chi connectivity index (χ2v) is 3.95. The Balaban J connectivity index is 2.08. The summed E-state index contributed by atoms with van der Waals surface area (Å²) in [4.78, 5) is 8.59. The highest BCUT2D eigenvalue weighted by Gasteiger charge is 2.04. The lowest BCUT2D eigenvalue weighted by molar-refractivity contribution is 1.31. The van der Waals surface area contributed by atoms with Gasteiger partial charge in [0.15, 0.2) is 5.82 Å². The molecule has 2 heterocycles. The third-order valence-corrected chi connectivity index (χ3v) is 2.72. The fourth-order valence-corrected chi connectivity index (χ4v) is 1.85. The molecular weight excluding hydrogens is 224 g/mol. The lowest BCUT2D eigenvalue weighted by Gasteiger charge is -2.09. The topological polar surface area (TPSA) is 63.8 Å². The monoisotopic (exact) mass is 236 g/mol. The van der Waals surface area contributed by atoms with Gasteiger partial charge in [-0.3, -0.25) is 4.98 Å². The van der Waals surface area contributed by atoms with Crippen LogP contribution in [0.1, 0.15) is 0 Å². The molecule has 3 N–H and O–H groups in total. The molecule has 0 bridgehead atoms. The molecule has 0 aliphatic carbocycles. The Kier molecular flexibility index (Phi) is 2.53. The fraction of sp³-hybridized carbons (Fsp3) is 0. The Hall–Kier alpha value is -2.62. The van der Waals surface area contributed by atoms with E-state index in [0.717, 1.165) is 16.6 Å². The van der Waals surface area contributed by atoms with E-state index < -0.39 is 0 Å². The highest BCUT2D eigenvalue weighted by molar-refractivity contribution is 5.92. The molecule has 0 saturated heterocycles. The first-order chi connectivity index (χ1) is 8.84. The highest BCUT2D eigenvalue weighted by Crippen LogP contribution is 2.25. The van der Waals surface area contributed by atoms with E-state index in [-0.39, 0.29) is 0 Å². The summed E-state index contributed by atoms with van der Waals surface area (Å²) in [6.07, 6.45) is 3.48. The first kappa shape index (κ1) is 10.5. The van der Waals surface area contributed by atoms with Crippen molar-refractivity contribution in [3.63, 3.8) is 0 Å². The van der Waals surface area contributed by atoms with Crippen molar-refractivity contribution in [2.24, 2.45) is 0 Å². The summed E-state index contributed by atoms with van der Waals surface area (Å²) in [5.74, 6) is 0.649. The molecular formula is C14H12N4. The molecule has 4 nitrogen and oxygen atoms in total. The van der Waals surface area contributed by atoms with Gasteiger partial charge < -0.3 is 11.1 Å². The van der Waals surface area contributed by atoms with Crippen LogP contribution in [0.25, 0.3) is 10.9 Å². The number of nitrogens with two attached hydrogens (primary N) is 1. The quantitative estimate of drug-likeness (QED) is 0.718. The van der Waals surface area contributed by atoms with Crippen LogP contribution in [0.5, 0.6) is 0 Å². The largest absolute Gasteiger partial charge is 0.396 e. The Labute approximate surface area is 104 Å². The molecule has 0 unspecified atom stereocenters. The molecule has 4 heteroatoms. The van der Waals surface area contributed by atoms with Crippen LogP contribution in [0, 0.1) is 0 Å². The molecule has 0 fully saturated rings. The summed E-state index contributed by atoms with van der Waals surface area (Å²) in [5.41, 5.74) is 8.29. The van der Waals surface area contributed by atoms with Gasteiger partial charge in [0.05, 0.1) is 16.9 Å². The molecule has 1 aromatic carbocycles. The van der Waals surface area contributed by atoms with Crippen molar-refractivity contribution < 1.29 is 0 Å². The van der Waals surface area contributed by atoms with Gasteiger partial charge in [-0.25, -0.2) is 4.98 Å². The number of rotatable bonds is 2. The second kappa shape index (κ2) is 4.33. The van der Waals surface area contributed by atoms with Crippen molar-refractivity contribution in [3.05, 3.63) is 54.9 Å². The summed E-state index contributed by atoms with van der Waals surface area (Å²) in [6.45, 7) is 0. The van der Waals surface area contributed by atoms with E-state index in [9.17, 15) is 0 Å². The normalized spacial score (nSPS) is 10.4. The number of hydrogen-bond donors (Lipinski definition) is 2. The van der Waals surface area contributed by atoms with E-state index in [1.165, 1.54) is 0 Å². The van der Waals surface area contributed by atoms with Crippen LogP contribution >= 0.6 is 0 Å². The Bertz CT molecular complexity index is 689. The lowest BCUT2D eigenvalue weighted by Crippen LogP contribution is -1.99. The molecule has 0 saturated carbocycles. The summed E-state index contributed by atoms with van der Waals surface area (Å²) < 4.78 is 0. The van der Waals surface area contributed by atoms with Gasteiger partial charge >= 0.3 is 0 Å². The van der Waals surface area contributed by atoms with Gasteiger partial charge in [-0.2, -0.15) is 0 Å². The number of benzene rings is 1. The van der Waals surface area contributed by atoms with E-state index in [0.29, 0.717) is 11.5 Å². The number of anilines is 3. The zero-order chi connectivity index (χ0) is 12.4. The van der Waals surface area contributed by atoms with Crippen molar-refractivity contribution in [2.45, 2.75) is 0 Å². The molecule has 3 rings (SSSR count). The molecule has 2 aromatic heterocycles. The van der Waals surface area contributed by atoms with Crippen molar-refractivity contribution in [2.75, 3.05) is 11.1 Å². The van der Waals surface area contributed by atoms with Crippen LogP contribution in [0.4, 0.5) is 17.2 Å². The molecule has 0 radical (unpaired) electrons. The van der Waals surface area contributed by atoms with E-state index in [1.807, 2.05) is 42.5 Å². The Morgan fingerprint density at radius 3 is 2.56 bits per heavy atom. The minimum atomic E-state index is 0.616. The molecule has 3 aromatic rings. The van der Waals surface area contributed by atoms with Gasteiger partial charge in [-0.15, -0.1) is 0 Å². The zero-order valence-electron chi connectivity index (χ0n) is 9.67. The third-order valence-electron chi connectivity index (χ3n) is 2.72. The van der Waals surface area contributed by atoms with E-state index >= 15 is 0 Å². The second-order valence-electron chi connectivity index (χ2n) is 3.95. The number of nitrogens with one attached hydrogen (secondary N) is 1. The van der Waals surface area contributed by atoms with Crippen LogP contribution in [-0.4, -0.2) is 9.97 Å². The predicted octanol–water partition coefficient (Wildman–Crippen LogP) is 2.96. The molecule has 0 atom stereocenters. The zero-order valence-corrected chi connectivity index (χ0v) is 9.67. The Morgan fingerprint density at radius 2 is 1.67 bits per heavy atom. The molecule has 0 aliphatic heterocycles. The molecule has 88 valence electrons. The number of nitrogens with zero attached hydrogens (tertiary/aromatic N) is 2. The van der Waals surface area contributed by atoms with Crippen LogP contribution in [0.2, 0.25) is 0 Å². The summed E-state index contributed by atoms with van der Waals surface area (Å²) in [7, 11) is 0. The third kappa shape index (κ3) is 1.84. The smallest absolute Gasteiger partial charge is 0.153 e. The van der Waals surface area contributed by atoms with Crippen molar-refractivity contribution in [1.29, 1.82) is 0 Å². The van der Waals surface area contributed by atoms with Crippen molar-refractivity contribution in [3.8, 4) is 0 Å². The van der Waals surface area contributed by atoms with Gasteiger partial charge in [-0.05, 0) is 24.3 Å². The SMILES string of the molecule is Nc1cccnc1Nc1cccc2cccnc12.